The molecule has 0 atom stereocenters. The van der Waals surface area contributed by atoms with Crippen molar-refractivity contribution in [3.05, 3.63) is 34.1 Å². The SMILES string of the molecule is Fc1ccc(Br)cc1C1(C(F)(F)F)CCC1. The maximum absolute atomic E-state index is 13.5. The molecule has 0 nitrogen and oxygen atoms in total. The Morgan fingerprint density at radius 2 is 1.81 bits per heavy atom. The zero-order valence-electron chi connectivity index (χ0n) is 8.24. The van der Waals surface area contributed by atoms with Crippen LogP contribution < -0.4 is 0 Å². The normalized spacial score (nSPS) is 19.3. The minimum Gasteiger partial charge on any atom is -0.207 e. The zero-order chi connectivity index (χ0) is 12.0. The molecule has 1 aliphatic rings. The molecule has 5 heteroatoms. The fraction of sp³-hybridized carbons (Fsp3) is 0.455. The van der Waals surface area contributed by atoms with Gasteiger partial charge in [0.05, 0.1) is 5.41 Å². The van der Waals surface area contributed by atoms with Gasteiger partial charge in [0, 0.05) is 10.0 Å². The minimum atomic E-state index is -4.38. The van der Waals surface area contributed by atoms with Crippen LogP contribution in [0.1, 0.15) is 24.8 Å². The third-order valence-corrected chi connectivity index (χ3v) is 3.69. The first-order valence-corrected chi connectivity index (χ1v) is 5.68. The van der Waals surface area contributed by atoms with Crippen LogP contribution in [0.2, 0.25) is 0 Å². The summed E-state index contributed by atoms with van der Waals surface area (Å²) < 4.78 is 52.9. The average Bonchev–Trinajstić information content (AvgIpc) is 2.06. The van der Waals surface area contributed by atoms with Crippen molar-refractivity contribution in [3.8, 4) is 0 Å². The number of alkyl halides is 3. The maximum atomic E-state index is 13.5. The highest BCUT2D eigenvalue weighted by Crippen LogP contribution is 2.55. The summed E-state index contributed by atoms with van der Waals surface area (Å²) in [6.07, 6.45) is -3.94. The molecule has 0 saturated heterocycles. The molecule has 0 heterocycles. The Hall–Kier alpha value is -0.580. The van der Waals surface area contributed by atoms with Gasteiger partial charge in [0.2, 0.25) is 0 Å². The van der Waals surface area contributed by atoms with E-state index in [0.717, 1.165) is 6.07 Å². The molecule has 1 aliphatic carbocycles. The van der Waals surface area contributed by atoms with Crippen molar-refractivity contribution in [2.45, 2.75) is 30.9 Å². The van der Waals surface area contributed by atoms with Crippen LogP contribution in [0.15, 0.2) is 22.7 Å². The summed E-state index contributed by atoms with van der Waals surface area (Å²) in [6.45, 7) is 0. The molecule has 16 heavy (non-hydrogen) atoms. The monoisotopic (exact) mass is 296 g/mol. The first-order valence-electron chi connectivity index (χ1n) is 4.89. The summed E-state index contributed by atoms with van der Waals surface area (Å²) in [6, 6.07) is 3.72. The van der Waals surface area contributed by atoms with Gasteiger partial charge in [-0.3, -0.25) is 0 Å². The van der Waals surface area contributed by atoms with Crippen LogP contribution in [0.3, 0.4) is 0 Å². The molecule has 1 fully saturated rings. The van der Waals surface area contributed by atoms with E-state index in [2.05, 4.69) is 15.9 Å². The Balaban J connectivity index is 2.53. The van der Waals surface area contributed by atoms with E-state index in [1.165, 1.54) is 12.1 Å². The van der Waals surface area contributed by atoms with Crippen LogP contribution in [0.25, 0.3) is 0 Å². The van der Waals surface area contributed by atoms with E-state index in [1.54, 1.807) is 0 Å². The molecule has 0 amide bonds. The van der Waals surface area contributed by atoms with Crippen molar-refractivity contribution >= 4 is 15.9 Å². The number of rotatable bonds is 1. The Kier molecular flexibility index (Phi) is 2.77. The van der Waals surface area contributed by atoms with E-state index in [-0.39, 0.29) is 18.4 Å². The molecule has 0 spiro atoms. The average molecular weight is 297 g/mol. The molecule has 0 aliphatic heterocycles. The molecule has 1 saturated carbocycles. The van der Waals surface area contributed by atoms with Crippen molar-refractivity contribution in [2.75, 3.05) is 0 Å². The van der Waals surface area contributed by atoms with E-state index in [4.69, 9.17) is 0 Å². The summed E-state index contributed by atoms with van der Waals surface area (Å²) >= 11 is 3.07. The van der Waals surface area contributed by atoms with Crippen molar-refractivity contribution < 1.29 is 17.6 Å². The number of hydrogen-bond acceptors (Lipinski definition) is 0. The third-order valence-electron chi connectivity index (χ3n) is 3.19. The number of halogens is 5. The lowest BCUT2D eigenvalue weighted by atomic mass is 9.63. The maximum Gasteiger partial charge on any atom is 0.398 e. The highest BCUT2D eigenvalue weighted by atomic mass is 79.9. The quantitative estimate of drug-likeness (QED) is 0.666. The van der Waals surface area contributed by atoms with Gasteiger partial charge in [-0.15, -0.1) is 0 Å². The largest absolute Gasteiger partial charge is 0.398 e. The van der Waals surface area contributed by atoms with Crippen LogP contribution in [0.4, 0.5) is 17.6 Å². The van der Waals surface area contributed by atoms with Crippen LogP contribution in [0, 0.1) is 5.82 Å². The van der Waals surface area contributed by atoms with E-state index in [1.807, 2.05) is 0 Å². The van der Waals surface area contributed by atoms with E-state index in [0.29, 0.717) is 10.9 Å². The Bertz CT molecular complexity index is 407. The molecule has 0 radical (unpaired) electrons. The molecule has 88 valence electrons. The Morgan fingerprint density at radius 1 is 1.19 bits per heavy atom. The molecular formula is C11H9BrF4. The van der Waals surface area contributed by atoms with E-state index >= 15 is 0 Å². The van der Waals surface area contributed by atoms with Gasteiger partial charge in [-0.05, 0) is 31.0 Å². The molecule has 1 aromatic rings. The van der Waals surface area contributed by atoms with Crippen LogP contribution in [0.5, 0.6) is 0 Å². The van der Waals surface area contributed by atoms with Crippen molar-refractivity contribution in [2.24, 2.45) is 0 Å². The topological polar surface area (TPSA) is 0 Å². The van der Waals surface area contributed by atoms with Gasteiger partial charge in [0.1, 0.15) is 5.82 Å². The summed E-state index contributed by atoms with van der Waals surface area (Å²) in [5.41, 5.74) is -2.21. The number of hydrogen-bond donors (Lipinski definition) is 0. The van der Waals surface area contributed by atoms with Gasteiger partial charge in [0.25, 0.3) is 0 Å². The predicted molar refractivity (Wildman–Crippen MR) is 55.7 cm³/mol. The highest BCUT2D eigenvalue weighted by molar-refractivity contribution is 9.10. The second-order valence-electron chi connectivity index (χ2n) is 4.06. The van der Waals surface area contributed by atoms with Gasteiger partial charge in [-0.2, -0.15) is 13.2 Å². The lowest BCUT2D eigenvalue weighted by molar-refractivity contribution is -0.213. The molecule has 0 N–H and O–H groups in total. The lowest BCUT2D eigenvalue weighted by Crippen LogP contribution is -2.48. The Labute approximate surface area is 98.8 Å². The van der Waals surface area contributed by atoms with Crippen LogP contribution in [-0.4, -0.2) is 6.18 Å². The lowest BCUT2D eigenvalue weighted by Gasteiger charge is -2.43. The molecule has 1 aromatic carbocycles. The fourth-order valence-corrected chi connectivity index (χ4v) is 2.46. The molecule has 0 unspecified atom stereocenters. The van der Waals surface area contributed by atoms with Gasteiger partial charge in [-0.1, -0.05) is 22.4 Å². The number of benzene rings is 1. The second-order valence-corrected chi connectivity index (χ2v) is 4.97. The van der Waals surface area contributed by atoms with E-state index in [9.17, 15) is 17.6 Å². The first kappa shape index (κ1) is 11.9. The summed E-state index contributed by atoms with van der Waals surface area (Å²) in [5.74, 6) is -0.778. The zero-order valence-corrected chi connectivity index (χ0v) is 9.83. The third kappa shape index (κ3) is 1.65. The highest BCUT2D eigenvalue weighted by Gasteiger charge is 2.60. The van der Waals surface area contributed by atoms with Gasteiger partial charge in [0.15, 0.2) is 0 Å². The predicted octanol–water partition coefficient (Wildman–Crippen LogP) is 4.57. The molecular weight excluding hydrogens is 288 g/mol. The van der Waals surface area contributed by atoms with Gasteiger partial charge < -0.3 is 0 Å². The first-order chi connectivity index (χ1) is 7.37. The van der Waals surface area contributed by atoms with Gasteiger partial charge in [-0.25, -0.2) is 4.39 Å². The minimum absolute atomic E-state index is 0.0239. The van der Waals surface area contributed by atoms with Crippen LogP contribution >= 0.6 is 15.9 Å². The van der Waals surface area contributed by atoms with Crippen LogP contribution in [-0.2, 0) is 5.41 Å². The Morgan fingerprint density at radius 3 is 2.25 bits per heavy atom. The molecule has 0 aromatic heterocycles. The molecule has 2 rings (SSSR count). The van der Waals surface area contributed by atoms with Gasteiger partial charge >= 0.3 is 6.18 Å². The standard InChI is InChI=1S/C11H9BrF4/c12-7-2-3-9(13)8(6-7)10(4-1-5-10)11(14,15)16/h2-3,6H,1,4-5H2. The summed E-state index contributed by atoms with van der Waals surface area (Å²) in [5, 5.41) is 0. The molecule has 0 bridgehead atoms. The summed E-state index contributed by atoms with van der Waals surface area (Å²) in [7, 11) is 0. The van der Waals surface area contributed by atoms with E-state index < -0.39 is 17.4 Å². The van der Waals surface area contributed by atoms with Crippen molar-refractivity contribution in [1.82, 2.24) is 0 Å². The smallest absolute Gasteiger partial charge is 0.207 e. The van der Waals surface area contributed by atoms with Crippen molar-refractivity contribution in [3.63, 3.8) is 0 Å². The van der Waals surface area contributed by atoms with Crippen molar-refractivity contribution in [1.29, 1.82) is 0 Å². The fourth-order valence-electron chi connectivity index (χ4n) is 2.10. The second kappa shape index (κ2) is 3.72. The summed E-state index contributed by atoms with van der Waals surface area (Å²) in [4.78, 5) is 0.